The molecule has 4 heteroatoms. The van der Waals surface area contributed by atoms with Crippen molar-refractivity contribution in [3.8, 4) is 17.3 Å². The van der Waals surface area contributed by atoms with Crippen molar-refractivity contribution < 1.29 is 0 Å². The molecule has 62 valence electrons. The Morgan fingerprint density at radius 3 is 3.00 bits per heavy atom. The second-order valence-electron chi connectivity index (χ2n) is 2.50. The summed E-state index contributed by atoms with van der Waals surface area (Å²) in [5.41, 5.74) is 2.12. The van der Waals surface area contributed by atoms with Crippen LogP contribution < -0.4 is 0 Å². The molecule has 2 aromatic heterocycles. The molecule has 0 bridgehead atoms. The van der Waals surface area contributed by atoms with Crippen LogP contribution in [0, 0.1) is 11.3 Å². The molecule has 0 saturated carbocycles. The molecule has 0 unspecified atom stereocenters. The van der Waals surface area contributed by atoms with E-state index in [1.807, 2.05) is 18.2 Å². The van der Waals surface area contributed by atoms with E-state index in [4.69, 9.17) is 5.26 Å². The molecule has 2 heterocycles. The lowest BCUT2D eigenvalue weighted by molar-refractivity contribution is 1.09. The summed E-state index contributed by atoms with van der Waals surface area (Å²) in [5, 5.41) is 15.3. The van der Waals surface area contributed by atoms with Gasteiger partial charge in [0.2, 0.25) is 0 Å². The summed E-state index contributed by atoms with van der Waals surface area (Å²) in [7, 11) is 0. The normalized spacial score (nSPS) is 9.46. The van der Waals surface area contributed by atoms with Crippen molar-refractivity contribution in [3.05, 3.63) is 36.3 Å². The van der Waals surface area contributed by atoms with Gasteiger partial charge in [-0.1, -0.05) is 0 Å². The minimum absolute atomic E-state index is 0.403. The molecule has 13 heavy (non-hydrogen) atoms. The predicted octanol–water partition coefficient (Wildman–Crippen LogP) is 1.34. The molecule has 0 aliphatic heterocycles. The Kier molecular flexibility index (Phi) is 1.77. The molecule has 4 nitrogen and oxygen atoms in total. The zero-order valence-electron chi connectivity index (χ0n) is 6.73. The van der Waals surface area contributed by atoms with E-state index in [-0.39, 0.29) is 0 Å². The van der Waals surface area contributed by atoms with E-state index in [1.165, 1.54) is 0 Å². The van der Waals surface area contributed by atoms with Crippen LogP contribution in [0.3, 0.4) is 0 Å². The topological polar surface area (TPSA) is 65.4 Å². The lowest BCUT2D eigenvalue weighted by Crippen LogP contribution is -1.83. The maximum atomic E-state index is 8.62. The zero-order valence-corrected chi connectivity index (χ0v) is 6.73. The number of aromatic amines is 1. The summed E-state index contributed by atoms with van der Waals surface area (Å²) in [6.45, 7) is 0. The predicted molar refractivity (Wildman–Crippen MR) is 46.5 cm³/mol. The van der Waals surface area contributed by atoms with Crippen LogP contribution in [0.15, 0.2) is 30.6 Å². The highest BCUT2D eigenvalue weighted by molar-refractivity contribution is 5.59. The van der Waals surface area contributed by atoms with E-state index in [9.17, 15) is 0 Å². The summed E-state index contributed by atoms with van der Waals surface area (Å²) in [5.74, 6) is 0. The van der Waals surface area contributed by atoms with E-state index in [0.29, 0.717) is 5.69 Å². The number of rotatable bonds is 1. The Hall–Kier alpha value is -2.15. The van der Waals surface area contributed by atoms with Crippen LogP contribution in [0.5, 0.6) is 0 Å². The number of pyridine rings is 1. The van der Waals surface area contributed by atoms with Gasteiger partial charge in [-0.3, -0.25) is 5.10 Å². The molecule has 0 spiro atoms. The zero-order chi connectivity index (χ0) is 9.10. The first-order valence-corrected chi connectivity index (χ1v) is 3.76. The molecule has 0 amide bonds. The minimum atomic E-state index is 0.403. The van der Waals surface area contributed by atoms with Gasteiger partial charge in [-0.2, -0.15) is 10.4 Å². The smallest absolute Gasteiger partial charge is 0.141 e. The maximum absolute atomic E-state index is 8.62. The average molecular weight is 170 g/mol. The average Bonchev–Trinajstić information content (AvgIpc) is 2.71. The molecule has 0 aliphatic rings. The highest BCUT2D eigenvalue weighted by Crippen LogP contribution is 2.15. The van der Waals surface area contributed by atoms with Crippen LogP contribution in [0.1, 0.15) is 5.69 Å². The second-order valence-corrected chi connectivity index (χ2v) is 2.50. The summed E-state index contributed by atoms with van der Waals surface area (Å²) >= 11 is 0. The molecule has 2 rings (SSSR count). The van der Waals surface area contributed by atoms with Gasteiger partial charge >= 0.3 is 0 Å². The number of hydrogen-bond donors (Lipinski definition) is 1. The summed E-state index contributed by atoms with van der Waals surface area (Å²) in [6.07, 6.45) is 3.34. The van der Waals surface area contributed by atoms with Crippen molar-refractivity contribution in [2.75, 3.05) is 0 Å². The maximum Gasteiger partial charge on any atom is 0.141 e. The number of nitrogens with one attached hydrogen (secondary N) is 1. The Labute approximate surface area is 74.9 Å². The molecule has 2 aromatic rings. The molecule has 0 aromatic carbocycles. The van der Waals surface area contributed by atoms with Crippen molar-refractivity contribution in [2.45, 2.75) is 0 Å². The van der Waals surface area contributed by atoms with Crippen molar-refractivity contribution in [3.63, 3.8) is 0 Å². The van der Waals surface area contributed by atoms with E-state index < -0.39 is 0 Å². The fourth-order valence-electron chi connectivity index (χ4n) is 1.07. The summed E-state index contributed by atoms with van der Waals surface area (Å²) in [6, 6.07) is 7.34. The van der Waals surface area contributed by atoms with Crippen molar-refractivity contribution in [1.29, 1.82) is 5.26 Å². The van der Waals surface area contributed by atoms with Gasteiger partial charge in [0.25, 0.3) is 0 Å². The lowest BCUT2D eigenvalue weighted by Gasteiger charge is -1.94. The van der Waals surface area contributed by atoms with Crippen LogP contribution in [-0.4, -0.2) is 15.2 Å². The third kappa shape index (κ3) is 1.40. The molecule has 0 aliphatic carbocycles. The van der Waals surface area contributed by atoms with Crippen LogP contribution in [0.2, 0.25) is 0 Å². The molecule has 0 saturated heterocycles. The number of aromatic nitrogens is 3. The van der Waals surface area contributed by atoms with Gasteiger partial charge in [0.05, 0.1) is 5.69 Å². The van der Waals surface area contributed by atoms with Gasteiger partial charge in [0.1, 0.15) is 11.8 Å². The van der Waals surface area contributed by atoms with Crippen LogP contribution in [-0.2, 0) is 0 Å². The minimum Gasteiger partial charge on any atom is -0.285 e. The largest absolute Gasteiger partial charge is 0.285 e. The van der Waals surface area contributed by atoms with E-state index in [0.717, 1.165) is 11.3 Å². The lowest BCUT2D eigenvalue weighted by atomic mass is 10.2. The van der Waals surface area contributed by atoms with Crippen LogP contribution >= 0.6 is 0 Å². The fraction of sp³-hybridized carbons (Fsp3) is 0. The Morgan fingerprint density at radius 2 is 2.31 bits per heavy atom. The quantitative estimate of drug-likeness (QED) is 0.702. The number of nitrogens with zero attached hydrogens (tertiary/aromatic N) is 3. The molecule has 0 atom stereocenters. The number of hydrogen-bond acceptors (Lipinski definition) is 3. The van der Waals surface area contributed by atoms with Gasteiger partial charge in [-0.15, -0.1) is 0 Å². The standard InChI is InChI=1S/C9H6N4/c10-6-8-5-7(1-3-11-8)9-2-4-12-13-9/h1-5H,(H,12,13). The molecular weight excluding hydrogens is 164 g/mol. The van der Waals surface area contributed by atoms with Gasteiger partial charge in [-0.25, -0.2) is 4.98 Å². The van der Waals surface area contributed by atoms with E-state index in [1.54, 1.807) is 18.5 Å². The molecular formula is C9H6N4. The Balaban J connectivity index is 2.49. The third-order valence-electron chi connectivity index (χ3n) is 1.67. The third-order valence-corrected chi connectivity index (χ3v) is 1.67. The summed E-state index contributed by atoms with van der Waals surface area (Å²) in [4.78, 5) is 3.87. The van der Waals surface area contributed by atoms with Gasteiger partial charge in [0.15, 0.2) is 0 Å². The highest BCUT2D eigenvalue weighted by Gasteiger charge is 2.00. The van der Waals surface area contributed by atoms with Gasteiger partial charge in [-0.05, 0) is 18.2 Å². The molecule has 0 fully saturated rings. The van der Waals surface area contributed by atoms with Gasteiger partial charge in [0, 0.05) is 18.0 Å². The van der Waals surface area contributed by atoms with E-state index >= 15 is 0 Å². The molecule has 0 radical (unpaired) electrons. The first-order valence-electron chi connectivity index (χ1n) is 3.76. The SMILES string of the molecule is N#Cc1cc(-c2cc[nH]n2)ccn1. The first-order chi connectivity index (χ1) is 6.40. The second kappa shape index (κ2) is 3.07. The van der Waals surface area contributed by atoms with E-state index in [2.05, 4.69) is 15.2 Å². The Bertz CT molecular complexity index is 439. The highest BCUT2D eigenvalue weighted by atomic mass is 15.1. The first kappa shape index (κ1) is 7.50. The van der Waals surface area contributed by atoms with Crippen LogP contribution in [0.4, 0.5) is 0 Å². The van der Waals surface area contributed by atoms with Crippen molar-refractivity contribution in [1.82, 2.24) is 15.2 Å². The number of nitriles is 1. The fourth-order valence-corrected chi connectivity index (χ4v) is 1.07. The summed E-state index contributed by atoms with van der Waals surface area (Å²) < 4.78 is 0. The van der Waals surface area contributed by atoms with Crippen LogP contribution in [0.25, 0.3) is 11.3 Å². The Morgan fingerprint density at radius 1 is 1.38 bits per heavy atom. The van der Waals surface area contributed by atoms with Gasteiger partial charge < -0.3 is 0 Å². The monoisotopic (exact) mass is 170 g/mol. The van der Waals surface area contributed by atoms with Crippen molar-refractivity contribution in [2.24, 2.45) is 0 Å². The number of H-pyrrole nitrogens is 1. The van der Waals surface area contributed by atoms with Crippen molar-refractivity contribution >= 4 is 0 Å². The molecule has 1 N–H and O–H groups in total.